The molecule has 4 nitrogen and oxygen atoms in total. The molecule has 2 N–H and O–H groups in total. The zero-order valence-electron chi connectivity index (χ0n) is 5.67. The van der Waals surface area contributed by atoms with Crippen LogP contribution in [-0.4, -0.2) is 20.1 Å². The van der Waals surface area contributed by atoms with Crippen LogP contribution in [0.4, 0.5) is 0 Å². The number of fused-ring (bicyclic) bond motifs is 1. The fraction of sp³-hybridized carbons (Fsp3) is 0. The first-order valence-electron chi connectivity index (χ1n) is 3.07. The highest BCUT2D eigenvalue weighted by molar-refractivity contribution is 6.36. The lowest BCUT2D eigenvalue weighted by atomic mass is 10.4. The number of nitrogens with one attached hydrogen (secondary N) is 1. The SMILES string of the molecule is Oc1c[nH]c2nc(Cl)nc(Cl)c12. The molecule has 0 saturated carbocycles. The summed E-state index contributed by atoms with van der Waals surface area (Å²) < 4.78 is 0. The second-order valence-electron chi connectivity index (χ2n) is 2.18. The predicted octanol–water partition coefficient (Wildman–Crippen LogP) is 1.97. The van der Waals surface area contributed by atoms with Gasteiger partial charge in [0.2, 0.25) is 5.28 Å². The van der Waals surface area contributed by atoms with E-state index in [9.17, 15) is 5.11 Å². The molecule has 0 spiro atoms. The average molecular weight is 204 g/mol. The molecule has 0 saturated heterocycles. The van der Waals surface area contributed by atoms with E-state index in [1.807, 2.05) is 0 Å². The largest absolute Gasteiger partial charge is 0.506 e. The number of H-pyrrole nitrogens is 1. The monoisotopic (exact) mass is 203 g/mol. The van der Waals surface area contributed by atoms with Gasteiger partial charge < -0.3 is 10.1 Å². The normalized spacial score (nSPS) is 10.8. The van der Waals surface area contributed by atoms with E-state index in [0.717, 1.165) is 0 Å². The summed E-state index contributed by atoms with van der Waals surface area (Å²) in [6.07, 6.45) is 1.38. The van der Waals surface area contributed by atoms with E-state index in [4.69, 9.17) is 23.2 Å². The Balaban J connectivity index is 2.93. The zero-order valence-corrected chi connectivity index (χ0v) is 7.19. The molecule has 2 aromatic heterocycles. The summed E-state index contributed by atoms with van der Waals surface area (Å²) in [6.45, 7) is 0. The number of aromatic hydroxyl groups is 1. The summed E-state index contributed by atoms with van der Waals surface area (Å²) in [4.78, 5) is 10.2. The van der Waals surface area contributed by atoms with Crippen molar-refractivity contribution in [1.82, 2.24) is 15.0 Å². The maximum absolute atomic E-state index is 9.24. The number of rotatable bonds is 0. The smallest absolute Gasteiger partial charge is 0.225 e. The highest BCUT2D eigenvalue weighted by Crippen LogP contribution is 2.29. The maximum atomic E-state index is 9.24. The number of hydrogen-bond acceptors (Lipinski definition) is 3. The fourth-order valence-electron chi connectivity index (χ4n) is 0.948. The molecule has 6 heteroatoms. The highest BCUT2D eigenvalue weighted by Gasteiger charge is 2.09. The van der Waals surface area contributed by atoms with Crippen molar-refractivity contribution in [3.63, 3.8) is 0 Å². The molecule has 62 valence electrons. The zero-order chi connectivity index (χ0) is 8.72. The van der Waals surface area contributed by atoms with Crippen LogP contribution in [0.1, 0.15) is 0 Å². The van der Waals surface area contributed by atoms with Crippen LogP contribution in [0.3, 0.4) is 0 Å². The standard InChI is InChI=1S/C6H3Cl2N3O/c7-4-3-2(12)1-9-5(3)11-6(8)10-4/h1,12H,(H,9,10,11). The van der Waals surface area contributed by atoms with Crippen molar-refractivity contribution in [3.05, 3.63) is 16.6 Å². The Morgan fingerprint density at radius 3 is 2.83 bits per heavy atom. The first kappa shape index (κ1) is 7.64. The van der Waals surface area contributed by atoms with Gasteiger partial charge in [0.1, 0.15) is 16.5 Å². The van der Waals surface area contributed by atoms with Gasteiger partial charge in [0, 0.05) is 6.20 Å². The lowest BCUT2D eigenvalue weighted by molar-refractivity contribution is 0.481. The second-order valence-corrected chi connectivity index (χ2v) is 2.88. The molecule has 0 aliphatic carbocycles. The Bertz CT molecular complexity index is 440. The van der Waals surface area contributed by atoms with E-state index in [1.54, 1.807) is 0 Å². The lowest BCUT2D eigenvalue weighted by Crippen LogP contribution is -1.84. The predicted molar refractivity (Wildman–Crippen MR) is 45.6 cm³/mol. The number of nitrogens with zero attached hydrogens (tertiary/aromatic N) is 2. The average Bonchev–Trinajstić information content (AvgIpc) is 2.31. The Kier molecular flexibility index (Phi) is 1.59. The summed E-state index contributed by atoms with van der Waals surface area (Å²) >= 11 is 11.2. The van der Waals surface area contributed by atoms with Crippen molar-refractivity contribution in [2.45, 2.75) is 0 Å². The van der Waals surface area contributed by atoms with E-state index in [1.165, 1.54) is 6.20 Å². The van der Waals surface area contributed by atoms with Gasteiger partial charge in [-0.3, -0.25) is 0 Å². The third-order valence-corrected chi connectivity index (χ3v) is 1.88. The highest BCUT2D eigenvalue weighted by atomic mass is 35.5. The molecule has 0 amide bonds. The van der Waals surface area contributed by atoms with Crippen LogP contribution < -0.4 is 0 Å². The first-order chi connectivity index (χ1) is 5.68. The van der Waals surface area contributed by atoms with Crippen molar-refractivity contribution in [1.29, 1.82) is 0 Å². The summed E-state index contributed by atoms with van der Waals surface area (Å²) in [5.74, 6) is 0.0201. The van der Waals surface area contributed by atoms with Crippen LogP contribution in [0.15, 0.2) is 6.20 Å². The van der Waals surface area contributed by atoms with E-state index in [0.29, 0.717) is 11.0 Å². The number of halogens is 2. The third-order valence-electron chi connectivity index (χ3n) is 1.44. The van der Waals surface area contributed by atoms with Crippen molar-refractivity contribution in [3.8, 4) is 5.75 Å². The van der Waals surface area contributed by atoms with Crippen LogP contribution in [0.2, 0.25) is 10.4 Å². The van der Waals surface area contributed by atoms with Crippen molar-refractivity contribution in [2.75, 3.05) is 0 Å². The molecular formula is C6H3Cl2N3O. The molecule has 2 rings (SSSR count). The quantitative estimate of drug-likeness (QED) is 0.509. The molecule has 0 radical (unpaired) electrons. The molecule has 0 bridgehead atoms. The molecule has 0 unspecified atom stereocenters. The summed E-state index contributed by atoms with van der Waals surface area (Å²) in [7, 11) is 0. The Morgan fingerprint density at radius 2 is 2.08 bits per heavy atom. The molecule has 2 aromatic rings. The number of aromatic nitrogens is 3. The summed E-state index contributed by atoms with van der Waals surface area (Å²) in [5.41, 5.74) is 0.428. The van der Waals surface area contributed by atoms with Gasteiger partial charge in [0.05, 0.1) is 5.39 Å². The van der Waals surface area contributed by atoms with Gasteiger partial charge in [0.25, 0.3) is 0 Å². The van der Waals surface area contributed by atoms with Gasteiger partial charge in [-0.15, -0.1) is 0 Å². The summed E-state index contributed by atoms with van der Waals surface area (Å²) in [5, 5.41) is 9.83. The van der Waals surface area contributed by atoms with Gasteiger partial charge in [-0.2, -0.15) is 4.98 Å². The van der Waals surface area contributed by atoms with Crippen molar-refractivity contribution in [2.24, 2.45) is 0 Å². The van der Waals surface area contributed by atoms with E-state index in [2.05, 4.69) is 15.0 Å². The van der Waals surface area contributed by atoms with Crippen LogP contribution in [0.25, 0.3) is 11.0 Å². The van der Waals surface area contributed by atoms with Crippen molar-refractivity contribution >= 4 is 34.2 Å². The van der Waals surface area contributed by atoms with Crippen LogP contribution in [-0.2, 0) is 0 Å². The van der Waals surface area contributed by atoms with Gasteiger partial charge in [-0.25, -0.2) is 4.98 Å². The molecular weight excluding hydrogens is 201 g/mol. The Morgan fingerprint density at radius 1 is 1.33 bits per heavy atom. The van der Waals surface area contributed by atoms with E-state index in [-0.39, 0.29) is 16.2 Å². The van der Waals surface area contributed by atoms with Crippen molar-refractivity contribution < 1.29 is 5.11 Å². The lowest BCUT2D eigenvalue weighted by Gasteiger charge is -1.93. The van der Waals surface area contributed by atoms with Gasteiger partial charge in [-0.1, -0.05) is 11.6 Å². The number of hydrogen-bond donors (Lipinski definition) is 2. The van der Waals surface area contributed by atoms with Gasteiger partial charge >= 0.3 is 0 Å². The Labute approximate surface area is 77.2 Å². The Hall–Kier alpha value is -1.00. The molecule has 0 aliphatic heterocycles. The van der Waals surface area contributed by atoms with Gasteiger partial charge in [-0.05, 0) is 11.6 Å². The molecule has 0 aliphatic rings. The second kappa shape index (κ2) is 2.50. The third kappa shape index (κ3) is 1.00. The molecule has 12 heavy (non-hydrogen) atoms. The van der Waals surface area contributed by atoms with Crippen LogP contribution in [0, 0.1) is 0 Å². The van der Waals surface area contributed by atoms with E-state index >= 15 is 0 Å². The molecule has 0 fully saturated rings. The van der Waals surface area contributed by atoms with Crippen LogP contribution in [0.5, 0.6) is 5.75 Å². The minimum absolute atomic E-state index is 0.0201. The fourth-order valence-corrected chi connectivity index (χ4v) is 1.43. The molecule has 0 aromatic carbocycles. The van der Waals surface area contributed by atoms with Gasteiger partial charge in [0.15, 0.2) is 0 Å². The minimum Gasteiger partial charge on any atom is -0.506 e. The first-order valence-corrected chi connectivity index (χ1v) is 3.83. The topological polar surface area (TPSA) is 61.8 Å². The van der Waals surface area contributed by atoms with E-state index < -0.39 is 0 Å². The number of aromatic amines is 1. The maximum Gasteiger partial charge on any atom is 0.225 e. The molecule has 0 atom stereocenters. The van der Waals surface area contributed by atoms with Crippen LogP contribution >= 0.6 is 23.2 Å². The summed E-state index contributed by atoms with van der Waals surface area (Å²) in [6, 6.07) is 0. The molecule has 2 heterocycles. The minimum atomic E-state index is 0.0201.